The van der Waals surface area contributed by atoms with Crippen molar-refractivity contribution in [2.45, 2.75) is 0 Å². The number of ether oxygens (including phenoxy) is 2. The smallest absolute Gasteiger partial charge is 0.286 e. The van der Waals surface area contributed by atoms with Gasteiger partial charge in [-0.1, -0.05) is 34.8 Å². The third-order valence-corrected chi connectivity index (χ3v) is 4.22. The van der Waals surface area contributed by atoms with Crippen LogP contribution in [0.4, 0.5) is 11.4 Å². The molecule has 0 aliphatic carbocycles. The van der Waals surface area contributed by atoms with Crippen LogP contribution in [0.1, 0.15) is 10.4 Å². The molecule has 0 saturated carbocycles. The highest BCUT2D eigenvalue weighted by Gasteiger charge is 2.26. The third-order valence-electron chi connectivity index (χ3n) is 3.41. The molecule has 0 saturated heterocycles. The van der Waals surface area contributed by atoms with E-state index in [0.717, 1.165) is 6.07 Å². The van der Waals surface area contributed by atoms with Crippen LogP contribution in [-0.4, -0.2) is 24.0 Å². The van der Waals surface area contributed by atoms with Gasteiger partial charge in [-0.15, -0.1) is 0 Å². The van der Waals surface area contributed by atoms with Crippen molar-refractivity contribution < 1.29 is 19.2 Å². The topological polar surface area (TPSA) is 103 Å². The van der Waals surface area contributed by atoms with E-state index in [0.29, 0.717) is 5.02 Å². The molecule has 0 fully saturated rings. The van der Waals surface area contributed by atoms with Gasteiger partial charge < -0.3 is 9.47 Å². The molecular weight excluding hydrogens is 409 g/mol. The van der Waals surface area contributed by atoms with Crippen molar-refractivity contribution in [2.75, 3.05) is 18.6 Å². The van der Waals surface area contributed by atoms with Crippen LogP contribution in [0.25, 0.3) is 0 Å². The lowest BCUT2D eigenvalue weighted by molar-refractivity contribution is -0.385. The van der Waals surface area contributed by atoms with Gasteiger partial charge in [0.25, 0.3) is 11.6 Å². The van der Waals surface area contributed by atoms with Crippen LogP contribution in [0.5, 0.6) is 11.5 Å². The minimum atomic E-state index is -0.782. The Kier molecular flexibility index (Phi) is 5.26. The monoisotopic (exact) mass is 417 g/mol. The first-order valence-electron chi connectivity index (χ1n) is 7.15. The number of amides is 1. The number of carbonyl (C=O) groups excluding carboxylic acids is 1. The number of anilines is 1. The van der Waals surface area contributed by atoms with Gasteiger partial charge in [0.2, 0.25) is 0 Å². The Balaban J connectivity index is 1.87. The number of hydrazine groups is 1. The number of carbonyl (C=O) groups is 1. The standard InChI is InChI=1S/C15H10Cl3N3O5/c16-7-3-9(17)14(10(18)4-7)19-20-15(22)8-5-12-13(26-2-1-25-12)6-11(8)21(23)24/h3-6,19H,1-2H2,(H,20,22). The fourth-order valence-corrected chi connectivity index (χ4v) is 3.17. The lowest BCUT2D eigenvalue weighted by atomic mass is 10.1. The maximum Gasteiger partial charge on any atom is 0.286 e. The van der Waals surface area contributed by atoms with Gasteiger partial charge in [0.05, 0.1) is 26.7 Å². The Morgan fingerprint density at radius 1 is 1.04 bits per heavy atom. The fraction of sp³-hybridized carbons (Fsp3) is 0.133. The highest BCUT2D eigenvalue weighted by Crippen LogP contribution is 2.37. The van der Waals surface area contributed by atoms with E-state index in [4.69, 9.17) is 44.3 Å². The van der Waals surface area contributed by atoms with Crippen LogP contribution >= 0.6 is 34.8 Å². The lowest BCUT2D eigenvalue weighted by Gasteiger charge is -2.19. The molecule has 0 radical (unpaired) electrons. The van der Waals surface area contributed by atoms with Crippen molar-refractivity contribution in [3.05, 3.63) is 55.0 Å². The van der Waals surface area contributed by atoms with Crippen molar-refractivity contribution in [2.24, 2.45) is 0 Å². The molecule has 2 aromatic rings. The van der Waals surface area contributed by atoms with E-state index in [1.807, 2.05) is 0 Å². The number of hydrogen-bond acceptors (Lipinski definition) is 6. The van der Waals surface area contributed by atoms with Crippen molar-refractivity contribution >= 4 is 52.1 Å². The number of halogens is 3. The minimum absolute atomic E-state index is 0.166. The summed E-state index contributed by atoms with van der Waals surface area (Å²) in [5.74, 6) is -0.332. The maximum absolute atomic E-state index is 12.4. The molecule has 1 aliphatic heterocycles. The lowest BCUT2D eigenvalue weighted by Crippen LogP contribution is -2.30. The summed E-state index contributed by atoms with van der Waals surface area (Å²) in [6, 6.07) is 5.24. The Morgan fingerprint density at radius 3 is 2.19 bits per heavy atom. The first-order chi connectivity index (χ1) is 12.4. The molecule has 0 bridgehead atoms. The molecule has 1 amide bonds. The van der Waals surface area contributed by atoms with Crippen LogP contribution in [0.15, 0.2) is 24.3 Å². The summed E-state index contributed by atoms with van der Waals surface area (Å²) in [4.78, 5) is 23.0. The molecule has 11 heteroatoms. The van der Waals surface area contributed by atoms with Gasteiger partial charge in [0.1, 0.15) is 18.8 Å². The van der Waals surface area contributed by atoms with Gasteiger partial charge >= 0.3 is 0 Å². The van der Waals surface area contributed by atoms with E-state index < -0.39 is 16.5 Å². The third kappa shape index (κ3) is 3.72. The van der Waals surface area contributed by atoms with Crippen molar-refractivity contribution in [1.82, 2.24) is 5.43 Å². The second-order valence-electron chi connectivity index (χ2n) is 5.09. The van der Waals surface area contributed by atoms with Crippen molar-refractivity contribution in [1.29, 1.82) is 0 Å². The molecule has 8 nitrogen and oxygen atoms in total. The van der Waals surface area contributed by atoms with Gasteiger partial charge in [-0.05, 0) is 12.1 Å². The minimum Gasteiger partial charge on any atom is -0.486 e. The molecule has 26 heavy (non-hydrogen) atoms. The summed E-state index contributed by atoms with van der Waals surface area (Å²) in [6.45, 7) is 0.547. The zero-order valence-corrected chi connectivity index (χ0v) is 15.1. The molecule has 0 aromatic heterocycles. The van der Waals surface area contributed by atoms with Gasteiger partial charge in [-0.3, -0.25) is 25.8 Å². The number of rotatable bonds is 4. The molecule has 136 valence electrons. The number of nitrogens with one attached hydrogen (secondary N) is 2. The predicted octanol–water partition coefficient (Wildman–Crippen LogP) is 4.08. The van der Waals surface area contributed by atoms with Crippen LogP contribution in [0.3, 0.4) is 0 Å². The van der Waals surface area contributed by atoms with Gasteiger partial charge in [-0.25, -0.2) is 0 Å². The number of hydrogen-bond donors (Lipinski definition) is 2. The number of fused-ring (bicyclic) bond motifs is 1. The van der Waals surface area contributed by atoms with Gasteiger partial charge in [-0.2, -0.15) is 0 Å². The summed E-state index contributed by atoms with van der Waals surface area (Å²) in [5.41, 5.74) is 4.41. The van der Waals surface area contributed by atoms with Crippen LogP contribution in [0.2, 0.25) is 15.1 Å². The van der Waals surface area contributed by atoms with E-state index >= 15 is 0 Å². The molecule has 2 aromatic carbocycles. The maximum atomic E-state index is 12.4. The molecule has 0 atom stereocenters. The number of nitrogens with zero attached hydrogens (tertiary/aromatic N) is 1. The summed E-state index contributed by atoms with van der Waals surface area (Å²) >= 11 is 17.8. The molecule has 0 spiro atoms. The van der Waals surface area contributed by atoms with E-state index in [9.17, 15) is 14.9 Å². The van der Waals surface area contributed by atoms with Crippen LogP contribution < -0.4 is 20.3 Å². The van der Waals surface area contributed by atoms with E-state index in [2.05, 4.69) is 10.9 Å². The van der Waals surface area contributed by atoms with Gasteiger partial charge in [0.15, 0.2) is 11.5 Å². The fourth-order valence-electron chi connectivity index (χ4n) is 2.26. The summed E-state index contributed by atoms with van der Waals surface area (Å²) in [5, 5.41) is 11.9. The van der Waals surface area contributed by atoms with Crippen LogP contribution in [-0.2, 0) is 0 Å². The second kappa shape index (κ2) is 7.45. The highest BCUT2D eigenvalue weighted by atomic mass is 35.5. The average molecular weight is 419 g/mol. The molecular formula is C15H10Cl3N3O5. The Hall–Kier alpha value is -2.42. The molecule has 1 heterocycles. The Morgan fingerprint density at radius 2 is 1.62 bits per heavy atom. The van der Waals surface area contributed by atoms with E-state index in [1.54, 1.807) is 0 Å². The molecule has 1 aliphatic rings. The quantitative estimate of drug-likeness (QED) is 0.573. The van der Waals surface area contributed by atoms with E-state index in [1.165, 1.54) is 18.2 Å². The van der Waals surface area contributed by atoms with Crippen LogP contribution in [0, 0.1) is 10.1 Å². The zero-order valence-electron chi connectivity index (χ0n) is 12.8. The van der Waals surface area contributed by atoms with Gasteiger partial charge in [0, 0.05) is 11.1 Å². The Labute approximate surface area is 162 Å². The van der Waals surface area contributed by atoms with Crippen molar-refractivity contribution in [3.63, 3.8) is 0 Å². The summed E-state index contributed by atoms with van der Waals surface area (Å²) < 4.78 is 10.7. The SMILES string of the molecule is O=C(NNc1c(Cl)cc(Cl)cc1Cl)c1cc2c(cc1[N+](=O)[O-])OCCO2. The first kappa shape index (κ1) is 18.4. The second-order valence-corrected chi connectivity index (χ2v) is 6.34. The Bertz CT molecular complexity index is 883. The first-order valence-corrected chi connectivity index (χ1v) is 8.29. The average Bonchev–Trinajstić information content (AvgIpc) is 2.59. The highest BCUT2D eigenvalue weighted by molar-refractivity contribution is 6.41. The van der Waals surface area contributed by atoms with E-state index in [-0.39, 0.29) is 46.0 Å². The normalized spacial score (nSPS) is 12.4. The molecule has 3 rings (SSSR count). The zero-order chi connectivity index (χ0) is 18.8. The number of benzene rings is 2. The summed E-state index contributed by atoms with van der Waals surface area (Å²) in [7, 11) is 0. The number of nitro groups is 1. The summed E-state index contributed by atoms with van der Waals surface area (Å²) in [6.07, 6.45) is 0. The largest absolute Gasteiger partial charge is 0.486 e. The molecule has 2 N–H and O–H groups in total. The predicted molar refractivity (Wildman–Crippen MR) is 96.6 cm³/mol. The van der Waals surface area contributed by atoms with Crippen molar-refractivity contribution in [3.8, 4) is 11.5 Å². The number of nitro benzene ring substituents is 1. The molecule has 0 unspecified atom stereocenters.